The number of rotatable bonds is 10. The van der Waals surface area contributed by atoms with E-state index in [1.54, 1.807) is 4.90 Å². The van der Waals surface area contributed by atoms with Gasteiger partial charge in [-0.3, -0.25) is 9.59 Å². The molecule has 2 amide bonds. The van der Waals surface area contributed by atoms with Crippen molar-refractivity contribution in [2.24, 2.45) is 11.3 Å². The molecule has 3 rings (SSSR count). The first kappa shape index (κ1) is 25.5. The standard InChI is InChI=1S/C29H39N3O2/c1-22(2)19-32(27(33)17-29(3,4)5)21-28(34)31(20-23-11-7-6-8-12-23)16-15-24-18-30-26-14-10-9-13-25(24)26/h6-14,18,22,30H,15-17,19-21H2,1-5H3. The minimum atomic E-state index is -0.117. The Hall–Kier alpha value is -3.08. The molecule has 0 radical (unpaired) electrons. The Labute approximate surface area is 204 Å². The Bertz CT molecular complexity index is 1080. The Kier molecular flexibility index (Phi) is 8.54. The number of aromatic nitrogens is 1. The van der Waals surface area contributed by atoms with Crippen LogP contribution < -0.4 is 0 Å². The van der Waals surface area contributed by atoms with Crippen LogP contribution in [0.4, 0.5) is 0 Å². The fourth-order valence-electron chi connectivity index (χ4n) is 4.21. The molecule has 1 heterocycles. The van der Waals surface area contributed by atoms with E-state index >= 15 is 0 Å². The Morgan fingerprint density at radius 2 is 1.59 bits per heavy atom. The summed E-state index contributed by atoms with van der Waals surface area (Å²) in [4.78, 5) is 33.6. The summed E-state index contributed by atoms with van der Waals surface area (Å²) in [6.07, 6.45) is 3.22. The number of H-pyrrole nitrogens is 1. The lowest BCUT2D eigenvalue weighted by atomic mass is 9.91. The fourth-order valence-corrected chi connectivity index (χ4v) is 4.21. The lowest BCUT2D eigenvalue weighted by Gasteiger charge is -2.30. The first-order chi connectivity index (χ1) is 16.1. The first-order valence-electron chi connectivity index (χ1n) is 12.3. The quantitative estimate of drug-likeness (QED) is 0.423. The van der Waals surface area contributed by atoms with Crippen LogP contribution in [0.2, 0.25) is 0 Å². The molecule has 0 saturated carbocycles. The van der Waals surface area contributed by atoms with Crippen molar-refractivity contribution in [3.05, 3.63) is 71.9 Å². The predicted octanol–water partition coefficient (Wildman–Crippen LogP) is 5.66. The van der Waals surface area contributed by atoms with E-state index in [4.69, 9.17) is 0 Å². The molecule has 5 heteroatoms. The molecule has 0 unspecified atom stereocenters. The van der Waals surface area contributed by atoms with Crippen LogP contribution >= 0.6 is 0 Å². The molecular formula is C29H39N3O2. The number of carbonyl (C=O) groups excluding carboxylic acids is 2. The van der Waals surface area contributed by atoms with Crippen molar-refractivity contribution in [1.29, 1.82) is 0 Å². The molecule has 2 aromatic carbocycles. The summed E-state index contributed by atoms with van der Waals surface area (Å²) in [7, 11) is 0. The van der Waals surface area contributed by atoms with Crippen LogP contribution in [-0.2, 0) is 22.6 Å². The second-order valence-corrected chi connectivity index (χ2v) is 10.8. The number of amides is 2. The topological polar surface area (TPSA) is 56.4 Å². The van der Waals surface area contributed by atoms with Gasteiger partial charge < -0.3 is 14.8 Å². The number of benzene rings is 2. The maximum absolute atomic E-state index is 13.6. The van der Waals surface area contributed by atoms with Crippen LogP contribution in [0, 0.1) is 11.3 Å². The van der Waals surface area contributed by atoms with Gasteiger partial charge in [-0.15, -0.1) is 0 Å². The van der Waals surface area contributed by atoms with Crippen LogP contribution in [0.15, 0.2) is 60.8 Å². The molecule has 3 aromatic rings. The van der Waals surface area contributed by atoms with Crippen LogP contribution in [0.5, 0.6) is 0 Å². The van der Waals surface area contributed by atoms with Crippen molar-refractivity contribution in [3.8, 4) is 0 Å². The van der Waals surface area contributed by atoms with E-state index in [9.17, 15) is 9.59 Å². The molecular weight excluding hydrogens is 422 g/mol. The molecule has 1 N–H and O–H groups in total. The summed E-state index contributed by atoms with van der Waals surface area (Å²) >= 11 is 0. The second-order valence-electron chi connectivity index (χ2n) is 10.8. The van der Waals surface area contributed by atoms with Crippen molar-refractivity contribution in [2.45, 2.75) is 54.0 Å². The molecule has 34 heavy (non-hydrogen) atoms. The molecule has 0 aliphatic rings. The molecule has 0 fully saturated rings. The van der Waals surface area contributed by atoms with Crippen LogP contribution in [0.25, 0.3) is 10.9 Å². The number of hydrogen-bond acceptors (Lipinski definition) is 2. The fraction of sp³-hybridized carbons (Fsp3) is 0.448. The number of nitrogens with one attached hydrogen (secondary N) is 1. The van der Waals surface area contributed by atoms with Gasteiger partial charge in [0.05, 0.1) is 6.54 Å². The second kappa shape index (κ2) is 11.4. The summed E-state index contributed by atoms with van der Waals surface area (Å²) in [6.45, 7) is 12.2. The van der Waals surface area contributed by atoms with Crippen LogP contribution in [0.3, 0.4) is 0 Å². The molecule has 1 aromatic heterocycles. The van der Waals surface area contributed by atoms with Gasteiger partial charge in [-0.25, -0.2) is 0 Å². The molecule has 0 aliphatic carbocycles. The predicted molar refractivity (Wildman–Crippen MR) is 139 cm³/mol. The van der Waals surface area contributed by atoms with E-state index in [0.717, 1.165) is 17.5 Å². The molecule has 0 bridgehead atoms. The number of para-hydroxylation sites is 1. The largest absolute Gasteiger partial charge is 0.361 e. The minimum absolute atomic E-state index is 0.00777. The lowest BCUT2D eigenvalue weighted by molar-refractivity contribution is -0.142. The normalized spacial score (nSPS) is 11.7. The minimum Gasteiger partial charge on any atom is -0.361 e. The van der Waals surface area contributed by atoms with Crippen LogP contribution in [0.1, 0.15) is 52.2 Å². The lowest BCUT2D eigenvalue weighted by Crippen LogP contribution is -2.45. The molecule has 0 saturated heterocycles. The molecule has 0 spiro atoms. The third-order valence-corrected chi connectivity index (χ3v) is 5.84. The maximum Gasteiger partial charge on any atom is 0.242 e. The highest BCUT2D eigenvalue weighted by molar-refractivity contribution is 5.85. The van der Waals surface area contributed by atoms with Crippen molar-refractivity contribution in [1.82, 2.24) is 14.8 Å². The Morgan fingerprint density at radius 3 is 2.26 bits per heavy atom. The van der Waals surface area contributed by atoms with Gasteiger partial charge in [0.1, 0.15) is 0 Å². The first-order valence-corrected chi connectivity index (χ1v) is 12.3. The van der Waals surface area contributed by atoms with Crippen LogP contribution in [-0.4, -0.2) is 46.2 Å². The number of carbonyl (C=O) groups is 2. The summed E-state index contributed by atoms with van der Waals surface area (Å²) in [5.41, 5.74) is 3.28. The number of aromatic amines is 1. The zero-order valence-corrected chi connectivity index (χ0v) is 21.3. The van der Waals surface area contributed by atoms with Crippen molar-refractivity contribution in [2.75, 3.05) is 19.6 Å². The molecule has 182 valence electrons. The van der Waals surface area contributed by atoms with Gasteiger partial charge in [0.15, 0.2) is 0 Å². The average molecular weight is 462 g/mol. The van der Waals surface area contributed by atoms with Gasteiger partial charge >= 0.3 is 0 Å². The highest BCUT2D eigenvalue weighted by atomic mass is 16.2. The van der Waals surface area contributed by atoms with Gasteiger partial charge in [0.2, 0.25) is 11.8 Å². The van der Waals surface area contributed by atoms with Gasteiger partial charge in [-0.1, -0.05) is 83.1 Å². The van der Waals surface area contributed by atoms with Crippen molar-refractivity contribution < 1.29 is 9.59 Å². The summed E-state index contributed by atoms with van der Waals surface area (Å²) in [6, 6.07) is 18.3. The van der Waals surface area contributed by atoms with Gasteiger partial charge in [-0.2, -0.15) is 0 Å². The van der Waals surface area contributed by atoms with E-state index in [0.29, 0.717) is 32.0 Å². The number of fused-ring (bicyclic) bond motifs is 1. The maximum atomic E-state index is 13.6. The average Bonchev–Trinajstić information content (AvgIpc) is 3.18. The third kappa shape index (κ3) is 7.47. The highest BCUT2D eigenvalue weighted by Crippen LogP contribution is 2.21. The van der Waals surface area contributed by atoms with E-state index in [1.165, 1.54) is 10.9 Å². The summed E-state index contributed by atoms with van der Waals surface area (Å²) in [5.74, 6) is 0.336. The Balaban J connectivity index is 1.77. The van der Waals surface area contributed by atoms with Crippen molar-refractivity contribution in [3.63, 3.8) is 0 Å². The SMILES string of the molecule is CC(C)CN(CC(=O)N(CCc1c[nH]c2ccccc12)Cc1ccccc1)C(=O)CC(C)(C)C. The highest BCUT2D eigenvalue weighted by Gasteiger charge is 2.25. The number of nitrogens with zero attached hydrogens (tertiary/aromatic N) is 2. The van der Waals surface area contributed by atoms with E-state index in [-0.39, 0.29) is 23.8 Å². The smallest absolute Gasteiger partial charge is 0.242 e. The monoisotopic (exact) mass is 461 g/mol. The van der Waals surface area contributed by atoms with E-state index in [1.807, 2.05) is 53.6 Å². The zero-order chi connectivity index (χ0) is 24.7. The molecule has 0 aliphatic heterocycles. The third-order valence-electron chi connectivity index (χ3n) is 5.84. The summed E-state index contributed by atoms with van der Waals surface area (Å²) < 4.78 is 0. The van der Waals surface area contributed by atoms with Crippen molar-refractivity contribution >= 4 is 22.7 Å². The van der Waals surface area contributed by atoms with Gasteiger partial charge in [-0.05, 0) is 34.9 Å². The van der Waals surface area contributed by atoms with Gasteiger partial charge in [0.25, 0.3) is 0 Å². The Morgan fingerprint density at radius 1 is 0.912 bits per heavy atom. The number of hydrogen-bond donors (Lipinski definition) is 1. The van der Waals surface area contributed by atoms with E-state index < -0.39 is 0 Å². The molecule has 0 atom stereocenters. The van der Waals surface area contributed by atoms with E-state index in [2.05, 4.69) is 51.7 Å². The molecule has 5 nitrogen and oxygen atoms in total. The zero-order valence-electron chi connectivity index (χ0n) is 21.3. The van der Waals surface area contributed by atoms with Gasteiger partial charge in [0, 0.05) is 43.2 Å². The summed E-state index contributed by atoms with van der Waals surface area (Å²) in [5, 5.41) is 1.19.